The Labute approximate surface area is 194 Å². The fraction of sp³-hybridized carbons (Fsp3) is 0.429. The Balaban J connectivity index is 1.43. The summed E-state index contributed by atoms with van der Waals surface area (Å²) in [5.41, 5.74) is 8.69. The van der Waals surface area contributed by atoms with Crippen LogP contribution in [0.2, 0.25) is 0 Å². The summed E-state index contributed by atoms with van der Waals surface area (Å²) in [5.74, 6) is -1.82. The molecule has 0 aliphatic carbocycles. The number of imide groups is 2. The second-order valence-corrected chi connectivity index (χ2v) is 7.22. The number of hydrogen-bond donors (Lipinski definition) is 2. The molecule has 2 aliphatic rings. The zero-order valence-corrected chi connectivity index (χ0v) is 18.3. The summed E-state index contributed by atoms with van der Waals surface area (Å²) in [4.78, 5) is 52.0. The molecule has 13 nitrogen and oxygen atoms in total. The van der Waals surface area contributed by atoms with Crippen LogP contribution in [-0.4, -0.2) is 74.1 Å². The SMILES string of the molecule is [N-]=[N+]=NCCOCCOCCOc1cccc(NC2=CC(=O)N(C3CCC(=O)NC3=O)C2=O)c1. The summed E-state index contributed by atoms with van der Waals surface area (Å²) in [6.07, 6.45) is 1.28. The molecule has 4 amide bonds. The maximum Gasteiger partial charge on any atom is 0.278 e. The van der Waals surface area contributed by atoms with Crippen molar-refractivity contribution in [2.24, 2.45) is 5.11 Å². The summed E-state index contributed by atoms with van der Waals surface area (Å²) >= 11 is 0. The molecule has 1 aromatic carbocycles. The summed E-state index contributed by atoms with van der Waals surface area (Å²) in [5, 5.41) is 8.39. The molecule has 1 unspecified atom stereocenters. The minimum absolute atomic E-state index is 0.0237. The Morgan fingerprint density at radius 1 is 1.12 bits per heavy atom. The molecule has 2 N–H and O–H groups in total. The fourth-order valence-electron chi connectivity index (χ4n) is 3.31. The Morgan fingerprint density at radius 2 is 1.88 bits per heavy atom. The normalized spacial score (nSPS) is 17.8. The van der Waals surface area contributed by atoms with E-state index in [0.717, 1.165) is 11.0 Å². The molecule has 0 aromatic heterocycles. The number of carbonyl (C=O) groups is 4. The van der Waals surface area contributed by atoms with Crippen molar-refractivity contribution in [2.75, 3.05) is 44.9 Å². The standard InChI is InChI=1S/C21H24N6O7/c22-26-23-6-7-32-8-9-33-10-11-34-15-3-1-2-14(12-15)24-16-13-19(29)27(21(16)31)17-4-5-18(28)25-20(17)30/h1-3,12-13,17,24H,4-11H2,(H,25,28,30). The van der Waals surface area contributed by atoms with Crippen LogP contribution in [0.3, 0.4) is 0 Å². The summed E-state index contributed by atoms with van der Waals surface area (Å²) in [7, 11) is 0. The van der Waals surface area contributed by atoms with Crippen LogP contribution >= 0.6 is 0 Å². The highest BCUT2D eigenvalue weighted by Crippen LogP contribution is 2.24. The average molecular weight is 472 g/mol. The van der Waals surface area contributed by atoms with Crippen LogP contribution in [0.25, 0.3) is 10.4 Å². The zero-order valence-electron chi connectivity index (χ0n) is 18.3. The smallest absolute Gasteiger partial charge is 0.278 e. The van der Waals surface area contributed by atoms with Crippen LogP contribution in [0.1, 0.15) is 12.8 Å². The fourth-order valence-corrected chi connectivity index (χ4v) is 3.31. The highest BCUT2D eigenvalue weighted by Gasteiger charge is 2.42. The third-order valence-corrected chi connectivity index (χ3v) is 4.86. The second-order valence-electron chi connectivity index (χ2n) is 7.22. The van der Waals surface area contributed by atoms with Crippen molar-refractivity contribution in [2.45, 2.75) is 18.9 Å². The highest BCUT2D eigenvalue weighted by atomic mass is 16.5. The van der Waals surface area contributed by atoms with E-state index in [2.05, 4.69) is 20.7 Å². The van der Waals surface area contributed by atoms with Gasteiger partial charge in [-0.15, -0.1) is 0 Å². The number of piperidine rings is 1. The Kier molecular flexibility index (Phi) is 8.97. The van der Waals surface area contributed by atoms with Crippen molar-refractivity contribution in [1.29, 1.82) is 0 Å². The van der Waals surface area contributed by atoms with Crippen molar-refractivity contribution in [1.82, 2.24) is 10.2 Å². The number of azide groups is 1. The van der Waals surface area contributed by atoms with Crippen molar-refractivity contribution >= 4 is 29.3 Å². The molecule has 13 heteroatoms. The van der Waals surface area contributed by atoms with Crippen LogP contribution in [-0.2, 0) is 28.7 Å². The minimum Gasteiger partial charge on any atom is -0.491 e. The van der Waals surface area contributed by atoms with Gasteiger partial charge in [0.15, 0.2) is 0 Å². The third kappa shape index (κ3) is 6.78. The molecule has 2 aliphatic heterocycles. The monoisotopic (exact) mass is 472 g/mol. The van der Waals surface area contributed by atoms with Gasteiger partial charge in [-0.25, -0.2) is 0 Å². The molecule has 3 rings (SSSR count). The molecule has 1 aromatic rings. The number of rotatable bonds is 13. The summed E-state index contributed by atoms with van der Waals surface area (Å²) in [6, 6.07) is 5.79. The first-order chi connectivity index (χ1) is 16.5. The number of ether oxygens (including phenoxy) is 3. The molecule has 180 valence electrons. The molecule has 0 saturated carbocycles. The van der Waals surface area contributed by atoms with Crippen molar-refractivity contribution in [3.8, 4) is 5.75 Å². The molecular formula is C21H24N6O7. The van der Waals surface area contributed by atoms with Crippen LogP contribution in [0, 0.1) is 0 Å². The highest BCUT2D eigenvalue weighted by molar-refractivity contribution is 6.20. The maximum atomic E-state index is 12.7. The van der Waals surface area contributed by atoms with E-state index in [1.165, 1.54) is 0 Å². The average Bonchev–Trinajstić information content (AvgIpc) is 3.08. The molecule has 1 saturated heterocycles. The van der Waals surface area contributed by atoms with Crippen molar-refractivity contribution < 1.29 is 33.4 Å². The van der Waals surface area contributed by atoms with E-state index in [0.29, 0.717) is 37.9 Å². The molecule has 0 radical (unpaired) electrons. The lowest BCUT2D eigenvalue weighted by Gasteiger charge is -2.28. The molecule has 0 bridgehead atoms. The van der Waals surface area contributed by atoms with E-state index >= 15 is 0 Å². The van der Waals surface area contributed by atoms with Crippen molar-refractivity contribution in [3.05, 3.63) is 46.5 Å². The van der Waals surface area contributed by atoms with Crippen LogP contribution in [0.15, 0.2) is 41.2 Å². The molecule has 1 fully saturated rings. The predicted molar refractivity (Wildman–Crippen MR) is 117 cm³/mol. The largest absolute Gasteiger partial charge is 0.491 e. The number of nitrogens with zero attached hydrogens (tertiary/aromatic N) is 4. The van der Waals surface area contributed by atoms with Gasteiger partial charge in [-0.3, -0.25) is 29.4 Å². The Morgan fingerprint density at radius 3 is 2.65 bits per heavy atom. The van der Waals surface area contributed by atoms with E-state index < -0.39 is 29.7 Å². The van der Waals surface area contributed by atoms with E-state index in [4.69, 9.17) is 19.7 Å². The van der Waals surface area contributed by atoms with Gasteiger partial charge < -0.3 is 19.5 Å². The van der Waals surface area contributed by atoms with E-state index in [-0.39, 0.29) is 31.7 Å². The predicted octanol–water partition coefficient (Wildman–Crippen LogP) is 0.879. The van der Waals surface area contributed by atoms with Crippen LogP contribution < -0.4 is 15.4 Å². The zero-order chi connectivity index (χ0) is 24.3. The van der Waals surface area contributed by atoms with Crippen molar-refractivity contribution in [3.63, 3.8) is 0 Å². The van der Waals surface area contributed by atoms with Gasteiger partial charge in [0, 0.05) is 35.7 Å². The van der Waals surface area contributed by atoms with Crippen LogP contribution in [0.5, 0.6) is 5.75 Å². The lowest BCUT2D eigenvalue weighted by Crippen LogP contribution is -2.54. The first-order valence-corrected chi connectivity index (χ1v) is 10.6. The van der Waals surface area contributed by atoms with E-state index in [1.54, 1.807) is 24.3 Å². The number of amides is 4. The van der Waals surface area contributed by atoms with E-state index in [9.17, 15) is 19.2 Å². The van der Waals surface area contributed by atoms with Gasteiger partial charge in [0.1, 0.15) is 24.1 Å². The van der Waals surface area contributed by atoms with Gasteiger partial charge in [-0.1, -0.05) is 11.2 Å². The van der Waals surface area contributed by atoms with Gasteiger partial charge in [-0.2, -0.15) is 0 Å². The summed E-state index contributed by atoms with van der Waals surface area (Å²) < 4.78 is 16.2. The van der Waals surface area contributed by atoms with Gasteiger partial charge in [-0.05, 0) is 24.1 Å². The number of benzene rings is 1. The number of carbonyl (C=O) groups excluding carboxylic acids is 4. The quantitative estimate of drug-likeness (QED) is 0.140. The number of anilines is 1. The minimum atomic E-state index is -1.01. The molecule has 1 atom stereocenters. The molecule has 0 spiro atoms. The van der Waals surface area contributed by atoms with Gasteiger partial charge >= 0.3 is 0 Å². The summed E-state index contributed by atoms with van der Waals surface area (Å²) in [6.45, 7) is 1.96. The van der Waals surface area contributed by atoms with Gasteiger partial charge in [0.2, 0.25) is 11.8 Å². The lowest BCUT2D eigenvalue weighted by atomic mass is 10.0. The van der Waals surface area contributed by atoms with Crippen LogP contribution in [0.4, 0.5) is 5.69 Å². The lowest BCUT2D eigenvalue weighted by molar-refractivity contribution is -0.149. The molecular weight excluding hydrogens is 448 g/mol. The molecule has 34 heavy (non-hydrogen) atoms. The Hall–Kier alpha value is -3.93. The van der Waals surface area contributed by atoms with Gasteiger partial charge in [0.05, 0.1) is 26.4 Å². The Bertz CT molecular complexity index is 1020. The molecule has 2 heterocycles. The first kappa shape index (κ1) is 24.7. The number of nitrogens with one attached hydrogen (secondary N) is 2. The topological polar surface area (TPSA) is 172 Å². The number of hydrogen-bond acceptors (Lipinski definition) is 9. The van der Waals surface area contributed by atoms with E-state index in [1.807, 2.05) is 0 Å². The van der Waals surface area contributed by atoms with Gasteiger partial charge in [0.25, 0.3) is 11.8 Å². The second kappa shape index (κ2) is 12.3. The maximum absolute atomic E-state index is 12.7. The third-order valence-electron chi connectivity index (χ3n) is 4.86. The first-order valence-electron chi connectivity index (χ1n) is 10.6.